The Morgan fingerprint density at radius 3 is 2.06 bits per heavy atom. The van der Waals surface area contributed by atoms with E-state index in [1.54, 1.807) is 12.1 Å². The summed E-state index contributed by atoms with van der Waals surface area (Å²) in [6.07, 6.45) is 0. The average molecular weight is 246 g/mol. The molecule has 94 valence electrons. The minimum atomic E-state index is -0.267. The molecule has 2 aromatic carbocycles. The van der Waals surface area contributed by atoms with Crippen molar-refractivity contribution in [3.8, 4) is 11.1 Å². The number of aliphatic hydroxyl groups is 2. The maximum Gasteiger partial charge on any atom is 0.123 e. The van der Waals surface area contributed by atoms with Gasteiger partial charge in [0.05, 0.1) is 13.2 Å². The molecule has 0 saturated heterocycles. The summed E-state index contributed by atoms with van der Waals surface area (Å²) in [5.41, 5.74) is 4.08. The molecule has 3 heteroatoms. The number of aliphatic hydroxyl groups excluding tert-OH is 2. The lowest BCUT2D eigenvalue weighted by Gasteiger charge is -2.10. The molecule has 2 nitrogen and oxygen atoms in total. The van der Waals surface area contributed by atoms with Gasteiger partial charge in [0, 0.05) is 0 Å². The number of rotatable bonds is 3. The highest BCUT2D eigenvalue weighted by atomic mass is 19.1. The van der Waals surface area contributed by atoms with E-state index in [2.05, 4.69) is 0 Å². The number of benzene rings is 2. The summed E-state index contributed by atoms with van der Waals surface area (Å²) >= 11 is 0. The number of aryl methyl sites for hydroxylation is 1. The fourth-order valence-electron chi connectivity index (χ4n) is 2.05. The van der Waals surface area contributed by atoms with Crippen LogP contribution in [-0.2, 0) is 13.2 Å². The topological polar surface area (TPSA) is 40.5 Å². The summed E-state index contributed by atoms with van der Waals surface area (Å²) in [5.74, 6) is -0.267. The van der Waals surface area contributed by atoms with Crippen LogP contribution in [0.2, 0.25) is 0 Å². The van der Waals surface area contributed by atoms with Gasteiger partial charge in [-0.1, -0.05) is 12.1 Å². The van der Waals surface area contributed by atoms with Gasteiger partial charge in [-0.25, -0.2) is 4.39 Å². The third-order valence-corrected chi connectivity index (χ3v) is 2.92. The highest BCUT2D eigenvalue weighted by Gasteiger charge is 2.06. The van der Waals surface area contributed by atoms with Crippen LogP contribution in [0.5, 0.6) is 0 Å². The van der Waals surface area contributed by atoms with E-state index in [1.807, 2.05) is 19.1 Å². The van der Waals surface area contributed by atoms with Gasteiger partial charge in [0.1, 0.15) is 5.82 Å². The first-order chi connectivity index (χ1) is 8.63. The quantitative estimate of drug-likeness (QED) is 0.874. The van der Waals surface area contributed by atoms with Gasteiger partial charge in [0.15, 0.2) is 0 Å². The molecular formula is C15H15FO2. The van der Waals surface area contributed by atoms with Crippen LogP contribution in [-0.4, -0.2) is 10.2 Å². The van der Waals surface area contributed by atoms with Crippen LogP contribution < -0.4 is 0 Å². The fourth-order valence-corrected chi connectivity index (χ4v) is 2.05. The Kier molecular flexibility index (Phi) is 3.75. The molecule has 2 aromatic rings. The molecule has 0 aliphatic carbocycles. The molecule has 0 amide bonds. The van der Waals surface area contributed by atoms with Crippen molar-refractivity contribution < 1.29 is 14.6 Å². The number of halogens is 1. The van der Waals surface area contributed by atoms with Crippen molar-refractivity contribution in [2.75, 3.05) is 0 Å². The summed E-state index contributed by atoms with van der Waals surface area (Å²) in [7, 11) is 0. The summed E-state index contributed by atoms with van der Waals surface area (Å²) in [6, 6.07) is 10.0. The van der Waals surface area contributed by atoms with Crippen molar-refractivity contribution in [3.05, 3.63) is 58.9 Å². The third kappa shape index (κ3) is 2.58. The predicted molar refractivity (Wildman–Crippen MR) is 68.4 cm³/mol. The van der Waals surface area contributed by atoms with E-state index in [-0.39, 0.29) is 19.0 Å². The summed E-state index contributed by atoms with van der Waals surface area (Å²) in [4.78, 5) is 0. The Bertz CT molecular complexity index is 542. The number of hydrogen-bond donors (Lipinski definition) is 2. The maximum absolute atomic E-state index is 13.1. The van der Waals surface area contributed by atoms with E-state index in [1.165, 1.54) is 12.1 Å². The van der Waals surface area contributed by atoms with E-state index >= 15 is 0 Å². The molecule has 0 aliphatic heterocycles. The van der Waals surface area contributed by atoms with E-state index in [4.69, 9.17) is 0 Å². The first kappa shape index (κ1) is 12.7. The standard InChI is InChI=1S/C15H15FO2/c1-10-4-14(16)2-3-15(10)13-6-11(8-17)5-12(7-13)9-18/h2-7,17-18H,8-9H2,1H3. The molecule has 2 rings (SSSR count). The molecule has 0 fully saturated rings. The largest absolute Gasteiger partial charge is 0.392 e. The SMILES string of the molecule is Cc1cc(F)ccc1-c1cc(CO)cc(CO)c1. The monoisotopic (exact) mass is 246 g/mol. The molecule has 0 unspecified atom stereocenters. The van der Waals surface area contributed by atoms with Crippen molar-refractivity contribution in [2.45, 2.75) is 20.1 Å². The molecule has 0 bridgehead atoms. The molecule has 2 N–H and O–H groups in total. The Balaban J connectivity index is 2.55. The molecule has 0 radical (unpaired) electrons. The van der Waals surface area contributed by atoms with Gasteiger partial charge in [-0.2, -0.15) is 0 Å². The Morgan fingerprint density at radius 1 is 0.944 bits per heavy atom. The second-order valence-electron chi connectivity index (χ2n) is 4.31. The van der Waals surface area contributed by atoms with Crippen molar-refractivity contribution >= 4 is 0 Å². The van der Waals surface area contributed by atoms with E-state index < -0.39 is 0 Å². The molecule has 0 atom stereocenters. The lowest BCUT2D eigenvalue weighted by Crippen LogP contribution is -1.93. The molecule has 0 heterocycles. The fraction of sp³-hybridized carbons (Fsp3) is 0.200. The minimum absolute atomic E-state index is 0.0823. The van der Waals surface area contributed by atoms with Crippen LogP contribution in [0.15, 0.2) is 36.4 Å². The van der Waals surface area contributed by atoms with Crippen LogP contribution in [0.1, 0.15) is 16.7 Å². The maximum atomic E-state index is 13.1. The van der Waals surface area contributed by atoms with E-state index in [0.29, 0.717) is 0 Å². The van der Waals surface area contributed by atoms with E-state index in [9.17, 15) is 14.6 Å². The van der Waals surface area contributed by atoms with Crippen LogP contribution in [0.25, 0.3) is 11.1 Å². The molecule has 0 aliphatic rings. The number of hydrogen-bond acceptors (Lipinski definition) is 2. The lowest BCUT2D eigenvalue weighted by atomic mass is 9.97. The second kappa shape index (κ2) is 5.29. The smallest absolute Gasteiger partial charge is 0.123 e. The Morgan fingerprint density at radius 2 is 1.56 bits per heavy atom. The normalized spacial score (nSPS) is 10.7. The van der Waals surface area contributed by atoms with Crippen LogP contribution in [0, 0.1) is 12.7 Å². The van der Waals surface area contributed by atoms with Crippen molar-refractivity contribution in [1.29, 1.82) is 0 Å². The zero-order valence-electron chi connectivity index (χ0n) is 10.2. The zero-order valence-corrected chi connectivity index (χ0v) is 10.2. The van der Waals surface area contributed by atoms with E-state index in [0.717, 1.165) is 27.8 Å². The highest BCUT2D eigenvalue weighted by molar-refractivity contribution is 5.68. The van der Waals surface area contributed by atoms with Gasteiger partial charge in [-0.15, -0.1) is 0 Å². The Labute approximate surface area is 105 Å². The zero-order chi connectivity index (χ0) is 13.1. The minimum Gasteiger partial charge on any atom is -0.392 e. The van der Waals surface area contributed by atoms with Gasteiger partial charge in [0.25, 0.3) is 0 Å². The van der Waals surface area contributed by atoms with Crippen molar-refractivity contribution in [2.24, 2.45) is 0 Å². The highest BCUT2D eigenvalue weighted by Crippen LogP contribution is 2.26. The summed E-state index contributed by atoms with van der Waals surface area (Å²) in [5, 5.41) is 18.4. The molecule has 0 aromatic heterocycles. The van der Waals surface area contributed by atoms with Gasteiger partial charge in [0.2, 0.25) is 0 Å². The molecule has 0 saturated carbocycles. The third-order valence-electron chi connectivity index (χ3n) is 2.92. The first-order valence-corrected chi connectivity index (χ1v) is 5.75. The first-order valence-electron chi connectivity index (χ1n) is 5.75. The van der Waals surface area contributed by atoms with Crippen LogP contribution in [0.3, 0.4) is 0 Å². The summed E-state index contributed by atoms with van der Waals surface area (Å²) in [6.45, 7) is 1.67. The van der Waals surface area contributed by atoms with Gasteiger partial charge in [-0.3, -0.25) is 0 Å². The summed E-state index contributed by atoms with van der Waals surface area (Å²) < 4.78 is 13.1. The average Bonchev–Trinajstić information content (AvgIpc) is 2.38. The Hall–Kier alpha value is -1.71. The van der Waals surface area contributed by atoms with Crippen LogP contribution >= 0.6 is 0 Å². The van der Waals surface area contributed by atoms with Crippen LogP contribution in [0.4, 0.5) is 4.39 Å². The van der Waals surface area contributed by atoms with Gasteiger partial charge in [-0.05, 0) is 59.0 Å². The second-order valence-corrected chi connectivity index (χ2v) is 4.31. The van der Waals surface area contributed by atoms with Crippen molar-refractivity contribution in [1.82, 2.24) is 0 Å². The molecule has 18 heavy (non-hydrogen) atoms. The lowest BCUT2D eigenvalue weighted by molar-refractivity contribution is 0.275. The predicted octanol–water partition coefficient (Wildman–Crippen LogP) is 2.79. The van der Waals surface area contributed by atoms with Gasteiger partial charge < -0.3 is 10.2 Å². The molecule has 0 spiro atoms. The molecular weight excluding hydrogens is 231 g/mol. The van der Waals surface area contributed by atoms with Gasteiger partial charge >= 0.3 is 0 Å². The van der Waals surface area contributed by atoms with Crippen molar-refractivity contribution in [3.63, 3.8) is 0 Å².